The molecule has 1 aromatic heterocycles. The fourth-order valence-corrected chi connectivity index (χ4v) is 2.16. The van der Waals surface area contributed by atoms with Crippen molar-refractivity contribution < 1.29 is 14.1 Å². The van der Waals surface area contributed by atoms with Crippen LogP contribution in [0.15, 0.2) is 52.9 Å². The average molecular weight is 325 g/mol. The van der Waals surface area contributed by atoms with Crippen LogP contribution in [0.4, 0.5) is 5.69 Å². The second-order valence-electron chi connectivity index (χ2n) is 5.30. The molecular formula is C17H15N3O4. The summed E-state index contributed by atoms with van der Waals surface area (Å²) in [5, 5.41) is 19.0. The van der Waals surface area contributed by atoms with Crippen molar-refractivity contribution >= 4 is 5.69 Å². The molecule has 0 spiro atoms. The van der Waals surface area contributed by atoms with Crippen molar-refractivity contribution in [2.45, 2.75) is 20.0 Å². The predicted octanol–water partition coefficient (Wildman–Crippen LogP) is 4.09. The number of hydrogen-bond donors (Lipinski definition) is 0. The lowest BCUT2D eigenvalue weighted by atomic mass is 10.1. The summed E-state index contributed by atoms with van der Waals surface area (Å²) in [5.74, 6) is 0.789. The lowest BCUT2D eigenvalue weighted by Gasteiger charge is -2.10. The predicted molar refractivity (Wildman–Crippen MR) is 86.6 cm³/mol. The van der Waals surface area contributed by atoms with E-state index < -0.39 is 11.0 Å². The first-order valence-electron chi connectivity index (χ1n) is 7.35. The van der Waals surface area contributed by atoms with Crippen LogP contribution in [0.2, 0.25) is 0 Å². The van der Waals surface area contributed by atoms with E-state index in [1.54, 1.807) is 19.1 Å². The first kappa shape index (κ1) is 15.7. The highest BCUT2D eigenvalue weighted by atomic mass is 16.6. The minimum absolute atomic E-state index is 0.109. The van der Waals surface area contributed by atoms with Gasteiger partial charge in [-0.15, -0.1) is 10.2 Å². The highest BCUT2D eigenvalue weighted by molar-refractivity contribution is 5.53. The van der Waals surface area contributed by atoms with E-state index in [0.717, 1.165) is 11.1 Å². The summed E-state index contributed by atoms with van der Waals surface area (Å²) in [4.78, 5) is 10.5. The van der Waals surface area contributed by atoms with Crippen LogP contribution in [0.1, 0.15) is 24.5 Å². The molecule has 0 saturated heterocycles. The summed E-state index contributed by atoms with van der Waals surface area (Å²) in [5.41, 5.74) is 1.83. The largest absolute Gasteiger partial charge is 0.474 e. The molecule has 0 aliphatic rings. The average Bonchev–Trinajstić information content (AvgIpc) is 3.06. The monoisotopic (exact) mass is 325 g/mol. The van der Waals surface area contributed by atoms with E-state index in [-0.39, 0.29) is 17.3 Å². The molecular weight excluding hydrogens is 310 g/mol. The molecule has 3 rings (SSSR count). The Kier molecular flexibility index (Phi) is 4.24. The maximum Gasteiger partial charge on any atom is 0.310 e. The second kappa shape index (κ2) is 6.49. The van der Waals surface area contributed by atoms with Gasteiger partial charge in [-0.2, -0.15) is 0 Å². The maximum atomic E-state index is 11.0. The summed E-state index contributed by atoms with van der Waals surface area (Å²) in [7, 11) is 0. The van der Waals surface area contributed by atoms with Gasteiger partial charge in [0.1, 0.15) is 0 Å². The maximum absolute atomic E-state index is 11.0. The fourth-order valence-electron chi connectivity index (χ4n) is 2.16. The van der Waals surface area contributed by atoms with E-state index in [2.05, 4.69) is 10.2 Å². The van der Waals surface area contributed by atoms with Gasteiger partial charge in [0.05, 0.1) is 4.92 Å². The molecule has 2 aromatic carbocycles. The van der Waals surface area contributed by atoms with Gasteiger partial charge in [0.25, 0.3) is 5.89 Å². The van der Waals surface area contributed by atoms with Crippen LogP contribution in [-0.4, -0.2) is 15.1 Å². The Morgan fingerprint density at radius 3 is 2.54 bits per heavy atom. The van der Waals surface area contributed by atoms with Crippen LogP contribution in [0.3, 0.4) is 0 Å². The summed E-state index contributed by atoms with van der Waals surface area (Å²) < 4.78 is 11.3. The van der Waals surface area contributed by atoms with Crippen molar-refractivity contribution in [3.05, 3.63) is 70.1 Å². The Morgan fingerprint density at radius 2 is 1.83 bits per heavy atom. The van der Waals surface area contributed by atoms with Gasteiger partial charge >= 0.3 is 5.69 Å². The number of aryl methyl sites for hydroxylation is 1. The lowest BCUT2D eigenvalue weighted by molar-refractivity contribution is -0.386. The number of aromatic nitrogens is 2. The Hall–Kier alpha value is -3.22. The molecule has 0 radical (unpaired) electrons. The summed E-state index contributed by atoms with van der Waals surface area (Å²) in [6, 6.07) is 13.8. The van der Waals surface area contributed by atoms with Crippen LogP contribution in [-0.2, 0) is 0 Å². The number of rotatable bonds is 5. The Balaban J connectivity index is 1.80. The van der Waals surface area contributed by atoms with E-state index in [1.807, 2.05) is 31.2 Å². The summed E-state index contributed by atoms with van der Waals surface area (Å²) in [6.07, 6.45) is -0.613. The number of nitro benzene ring substituents is 1. The molecule has 1 heterocycles. The Labute approximate surface area is 138 Å². The quantitative estimate of drug-likeness (QED) is 0.518. The van der Waals surface area contributed by atoms with Crippen molar-refractivity contribution in [3.63, 3.8) is 0 Å². The molecule has 24 heavy (non-hydrogen) atoms. The Morgan fingerprint density at radius 1 is 1.12 bits per heavy atom. The molecule has 7 nitrogen and oxygen atoms in total. The molecule has 0 aliphatic carbocycles. The van der Waals surface area contributed by atoms with Gasteiger partial charge in [-0.05, 0) is 32.0 Å². The zero-order valence-corrected chi connectivity index (χ0v) is 13.2. The molecule has 1 atom stereocenters. The van der Waals surface area contributed by atoms with E-state index in [9.17, 15) is 10.1 Å². The zero-order chi connectivity index (χ0) is 17.1. The van der Waals surface area contributed by atoms with Crippen LogP contribution in [0.25, 0.3) is 11.5 Å². The van der Waals surface area contributed by atoms with Gasteiger partial charge < -0.3 is 9.15 Å². The van der Waals surface area contributed by atoms with E-state index in [0.29, 0.717) is 5.89 Å². The van der Waals surface area contributed by atoms with Crippen LogP contribution < -0.4 is 4.74 Å². The van der Waals surface area contributed by atoms with Gasteiger partial charge in [-0.3, -0.25) is 10.1 Å². The van der Waals surface area contributed by atoms with Crippen molar-refractivity contribution in [2.24, 2.45) is 0 Å². The molecule has 0 unspecified atom stereocenters. The van der Waals surface area contributed by atoms with E-state index in [4.69, 9.17) is 9.15 Å². The highest BCUT2D eigenvalue weighted by Gasteiger charge is 2.21. The fraction of sp³-hybridized carbons (Fsp3) is 0.176. The van der Waals surface area contributed by atoms with Crippen molar-refractivity contribution in [2.75, 3.05) is 0 Å². The summed E-state index contributed by atoms with van der Waals surface area (Å²) >= 11 is 0. The van der Waals surface area contributed by atoms with Crippen LogP contribution in [0, 0.1) is 17.0 Å². The number of nitro groups is 1. The Bertz CT molecular complexity index is 858. The van der Waals surface area contributed by atoms with Crippen molar-refractivity contribution in [3.8, 4) is 17.2 Å². The summed E-state index contributed by atoms with van der Waals surface area (Å²) in [6.45, 7) is 3.69. The normalized spacial score (nSPS) is 11.9. The van der Waals surface area contributed by atoms with Gasteiger partial charge in [0.15, 0.2) is 11.9 Å². The van der Waals surface area contributed by atoms with Crippen LogP contribution >= 0.6 is 0 Å². The topological polar surface area (TPSA) is 91.3 Å². The molecule has 0 N–H and O–H groups in total. The molecule has 0 bridgehead atoms. The zero-order valence-electron chi connectivity index (χ0n) is 13.2. The van der Waals surface area contributed by atoms with Crippen molar-refractivity contribution in [1.29, 1.82) is 0 Å². The van der Waals surface area contributed by atoms with E-state index in [1.165, 1.54) is 12.1 Å². The number of ether oxygens (including phenoxy) is 1. The third-order valence-electron chi connectivity index (χ3n) is 3.45. The van der Waals surface area contributed by atoms with Gasteiger partial charge in [-0.1, -0.05) is 29.8 Å². The number of nitrogens with zero attached hydrogens (tertiary/aromatic N) is 3. The van der Waals surface area contributed by atoms with Crippen molar-refractivity contribution in [1.82, 2.24) is 10.2 Å². The first-order valence-corrected chi connectivity index (χ1v) is 7.35. The first-order chi connectivity index (χ1) is 11.5. The molecule has 0 amide bonds. The molecule has 0 aliphatic heterocycles. The van der Waals surface area contributed by atoms with E-state index >= 15 is 0 Å². The number of benzene rings is 2. The minimum Gasteiger partial charge on any atom is -0.474 e. The third-order valence-corrected chi connectivity index (χ3v) is 3.45. The number of hydrogen-bond acceptors (Lipinski definition) is 6. The molecule has 0 saturated carbocycles. The van der Waals surface area contributed by atoms with Gasteiger partial charge in [0, 0.05) is 11.6 Å². The molecule has 122 valence electrons. The van der Waals surface area contributed by atoms with Gasteiger partial charge in [-0.25, -0.2) is 0 Å². The smallest absolute Gasteiger partial charge is 0.310 e. The molecule has 3 aromatic rings. The SMILES string of the molecule is Cc1ccc(-c2nnc([C@@H](C)Oc3ccccc3[N+](=O)[O-])o2)cc1. The second-order valence-corrected chi connectivity index (χ2v) is 5.30. The lowest BCUT2D eigenvalue weighted by Crippen LogP contribution is -2.05. The molecule has 7 heteroatoms. The third kappa shape index (κ3) is 3.24. The molecule has 0 fully saturated rings. The standard InChI is InChI=1S/C17H15N3O4/c1-11-7-9-13(10-8-11)17-19-18-16(24-17)12(2)23-15-6-4-3-5-14(15)20(21)22/h3-10,12H,1-2H3/t12-/m1/s1. The number of para-hydroxylation sites is 2. The minimum atomic E-state index is -0.613. The van der Waals surface area contributed by atoms with Gasteiger partial charge in [0.2, 0.25) is 5.89 Å². The highest BCUT2D eigenvalue weighted by Crippen LogP contribution is 2.31. The van der Waals surface area contributed by atoms with Crippen LogP contribution in [0.5, 0.6) is 5.75 Å².